The SMILES string of the molecule is CN1CCOc2cc(-c3ccc(Cl)cc3-c3nc(N(C)C(=O)C(CC(=O)O)Cc4ccccc4)sc3F)cnc21. The van der Waals surface area contributed by atoms with E-state index >= 15 is 4.39 Å². The van der Waals surface area contributed by atoms with E-state index in [9.17, 15) is 14.7 Å². The Morgan fingerprint density at radius 2 is 1.98 bits per heavy atom. The first-order valence-electron chi connectivity index (χ1n) is 12.5. The molecule has 0 bridgehead atoms. The molecule has 8 nitrogen and oxygen atoms in total. The van der Waals surface area contributed by atoms with E-state index in [0.29, 0.717) is 45.4 Å². The van der Waals surface area contributed by atoms with Gasteiger partial charge in [-0.1, -0.05) is 59.3 Å². The number of hydrogen-bond acceptors (Lipinski definition) is 7. The molecule has 1 amide bonds. The van der Waals surface area contributed by atoms with E-state index in [1.54, 1.807) is 24.4 Å². The number of aliphatic carboxylic acids is 1. The number of benzene rings is 2. The summed E-state index contributed by atoms with van der Waals surface area (Å²) in [6.07, 6.45) is 1.57. The molecule has 2 aromatic heterocycles. The lowest BCUT2D eigenvalue weighted by Crippen LogP contribution is -2.35. The second kappa shape index (κ2) is 11.6. The number of carboxylic acids is 1. The van der Waals surface area contributed by atoms with Crippen molar-refractivity contribution in [1.29, 1.82) is 0 Å². The van der Waals surface area contributed by atoms with E-state index in [1.165, 1.54) is 11.9 Å². The number of nitrogens with zero attached hydrogens (tertiary/aromatic N) is 4. The van der Waals surface area contributed by atoms with Crippen LogP contribution in [0.25, 0.3) is 22.4 Å². The molecule has 2 aromatic carbocycles. The second-order valence-corrected chi connectivity index (χ2v) is 10.9. The molecular weight excluding hydrogens is 555 g/mol. The maximum atomic E-state index is 15.5. The molecular formula is C29H26ClFN4O4S. The van der Waals surface area contributed by atoms with Crippen LogP contribution in [-0.2, 0) is 16.0 Å². The van der Waals surface area contributed by atoms with Gasteiger partial charge in [-0.3, -0.25) is 14.5 Å². The molecule has 0 radical (unpaired) electrons. The number of carboxylic acid groups (broad SMARTS) is 1. The van der Waals surface area contributed by atoms with Gasteiger partial charge in [0.1, 0.15) is 12.3 Å². The van der Waals surface area contributed by atoms with Crippen molar-refractivity contribution in [2.45, 2.75) is 12.8 Å². The molecule has 3 heterocycles. The number of hydrogen-bond donors (Lipinski definition) is 1. The fourth-order valence-corrected chi connectivity index (χ4v) is 5.61. The summed E-state index contributed by atoms with van der Waals surface area (Å²) in [6.45, 7) is 1.25. The highest BCUT2D eigenvalue weighted by molar-refractivity contribution is 7.14. The van der Waals surface area contributed by atoms with Crippen LogP contribution < -0.4 is 14.5 Å². The number of pyridine rings is 1. The normalized spacial score (nSPS) is 13.3. The number of aromatic nitrogens is 2. The Labute approximate surface area is 239 Å². The molecule has 1 N–H and O–H groups in total. The van der Waals surface area contributed by atoms with E-state index in [0.717, 1.165) is 17.9 Å². The minimum Gasteiger partial charge on any atom is -0.488 e. The predicted octanol–water partition coefficient (Wildman–Crippen LogP) is 5.79. The lowest BCUT2D eigenvalue weighted by atomic mass is 9.95. The highest BCUT2D eigenvalue weighted by Gasteiger charge is 2.29. The number of rotatable bonds is 8. The maximum absolute atomic E-state index is 15.5. The molecule has 0 aliphatic carbocycles. The first-order chi connectivity index (χ1) is 19.2. The highest BCUT2D eigenvalue weighted by atomic mass is 35.5. The quantitative estimate of drug-likeness (QED) is 0.282. The van der Waals surface area contributed by atoms with E-state index in [2.05, 4.69) is 9.97 Å². The Morgan fingerprint density at radius 3 is 2.73 bits per heavy atom. The molecule has 0 spiro atoms. The van der Waals surface area contributed by atoms with Crippen molar-refractivity contribution in [3.63, 3.8) is 0 Å². The third-order valence-electron chi connectivity index (χ3n) is 6.71. The van der Waals surface area contributed by atoms with Gasteiger partial charge in [0.15, 0.2) is 16.7 Å². The molecule has 1 aliphatic rings. The van der Waals surface area contributed by atoms with Gasteiger partial charge in [-0.2, -0.15) is 4.39 Å². The third-order valence-corrected chi connectivity index (χ3v) is 7.87. The smallest absolute Gasteiger partial charge is 0.304 e. The van der Waals surface area contributed by atoms with Gasteiger partial charge in [-0.05, 0) is 35.7 Å². The average Bonchev–Trinajstić information content (AvgIpc) is 3.33. The van der Waals surface area contributed by atoms with Crippen molar-refractivity contribution < 1.29 is 23.8 Å². The fraction of sp³-hybridized carbons (Fsp3) is 0.241. The van der Waals surface area contributed by atoms with Crippen LogP contribution in [0, 0.1) is 11.0 Å². The van der Waals surface area contributed by atoms with Crippen LogP contribution in [0.4, 0.5) is 15.3 Å². The Morgan fingerprint density at radius 1 is 1.20 bits per heavy atom. The van der Waals surface area contributed by atoms with Gasteiger partial charge in [-0.25, -0.2) is 9.97 Å². The van der Waals surface area contributed by atoms with Crippen molar-refractivity contribution in [3.8, 4) is 28.1 Å². The Bertz CT molecular complexity index is 1570. The fourth-order valence-electron chi connectivity index (χ4n) is 4.66. The zero-order valence-corrected chi connectivity index (χ0v) is 23.4. The van der Waals surface area contributed by atoms with Crippen molar-refractivity contribution >= 4 is 45.8 Å². The number of halogens is 2. The second-order valence-electron chi connectivity index (χ2n) is 9.51. The Hall–Kier alpha value is -4.02. The van der Waals surface area contributed by atoms with Crippen molar-refractivity contribution in [2.75, 3.05) is 37.0 Å². The standard InChI is InChI=1S/C29H26ClFN4O4S/c1-34-10-11-39-23-13-19(16-32-27(23)34)21-9-8-20(30)15-22(21)25-26(31)40-29(33-25)35(2)28(38)18(14-24(36)37)12-17-6-4-3-5-7-17/h3-9,13,15-16,18H,10-12,14H2,1-2H3,(H,36,37). The summed E-state index contributed by atoms with van der Waals surface area (Å²) < 4.78 is 21.3. The summed E-state index contributed by atoms with van der Waals surface area (Å²) in [6, 6.07) is 16.1. The van der Waals surface area contributed by atoms with E-state index in [1.807, 2.05) is 48.3 Å². The molecule has 40 heavy (non-hydrogen) atoms. The lowest BCUT2D eigenvalue weighted by Gasteiger charge is -2.26. The number of carbonyl (C=O) groups excluding carboxylic acids is 1. The highest BCUT2D eigenvalue weighted by Crippen LogP contribution is 2.41. The summed E-state index contributed by atoms with van der Waals surface area (Å²) >= 11 is 7.02. The molecule has 5 rings (SSSR count). The zero-order chi connectivity index (χ0) is 28.4. The van der Waals surface area contributed by atoms with Gasteiger partial charge in [-0.15, -0.1) is 0 Å². The molecule has 4 aromatic rings. The van der Waals surface area contributed by atoms with Gasteiger partial charge in [0.05, 0.1) is 18.9 Å². The van der Waals surface area contributed by atoms with E-state index in [4.69, 9.17) is 16.3 Å². The number of fused-ring (bicyclic) bond motifs is 1. The molecule has 11 heteroatoms. The molecule has 0 saturated carbocycles. The average molecular weight is 581 g/mol. The van der Waals surface area contributed by atoms with Crippen LogP contribution in [0.1, 0.15) is 12.0 Å². The van der Waals surface area contributed by atoms with Gasteiger partial charge < -0.3 is 14.7 Å². The largest absolute Gasteiger partial charge is 0.488 e. The minimum atomic E-state index is -1.09. The first kappa shape index (κ1) is 27.5. The van der Waals surface area contributed by atoms with Crippen LogP contribution in [0.5, 0.6) is 5.75 Å². The van der Waals surface area contributed by atoms with Crippen LogP contribution in [0.2, 0.25) is 5.02 Å². The Kier molecular flexibility index (Phi) is 7.99. The molecule has 206 valence electrons. The monoisotopic (exact) mass is 580 g/mol. The number of anilines is 2. The zero-order valence-electron chi connectivity index (χ0n) is 21.8. The van der Waals surface area contributed by atoms with Crippen LogP contribution in [0.15, 0.2) is 60.8 Å². The van der Waals surface area contributed by atoms with Gasteiger partial charge >= 0.3 is 5.97 Å². The van der Waals surface area contributed by atoms with Crippen LogP contribution in [0.3, 0.4) is 0 Å². The number of ether oxygens (including phenoxy) is 1. The topological polar surface area (TPSA) is 95.9 Å². The third kappa shape index (κ3) is 5.78. The van der Waals surface area contributed by atoms with Crippen LogP contribution >= 0.6 is 22.9 Å². The number of carbonyl (C=O) groups is 2. The van der Waals surface area contributed by atoms with Crippen molar-refractivity contribution in [1.82, 2.24) is 9.97 Å². The number of amides is 1. The number of likely N-dealkylation sites (N-methyl/N-ethyl adjacent to an activating group) is 1. The van der Waals surface area contributed by atoms with Gasteiger partial charge in [0, 0.05) is 36.4 Å². The van der Waals surface area contributed by atoms with E-state index < -0.39 is 22.9 Å². The molecule has 0 fully saturated rings. The van der Waals surface area contributed by atoms with E-state index in [-0.39, 0.29) is 23.7 Å². The first-order valence-corrected chi connectivity index (χ1v) is 13.7. The molecule has 1 unspecified atom stereocenters. The summed E-state index contributed by atoms with van der Waals surface area (Å²) in [4.78, 5) is 37.2. The summed E-state index contributed by atoms with van der Waals surface area (Å²) in [7, 11) is 3.41. The Balaban J connectivity index is 1.48. The molecule has 1 atom stereocenters. The maximum Gasteiger partial charge on any atom is 0.304 e. The molecule has 1 aliphatic heterocycles. The summed E-state index contributed by atoms with van der Waals surface area (Å²) in [5.74, 6) is -1.05. The lowest BCUT2D eigenvalue weighted by molar-refractivity contribution is -0.140. The van der Waals surface area contributed by atoms with Crippen LogP contribution in [-0.4, -0.2) is 54.2 Å². The van der Waals surface area contributed by atoms with Crippen molar-refractivity contribution in [3.05, 3.63) is 76.5 Å². The minimum absolute atomic E-state index is 0.0331. The summed E-state index contributed by atoms with van der Waals surface area (Å²) in [5.41, 5.74) is 2.65. The van der Waals surface area contributed by atoms with Gasteiger partial charge in [0.25, 0.3) is 0 Å². The van der Waals surface area contributed by atoms with Gasteiger partial charge in [0.2, 0.25) is 11.0 Å². The number of thiazole rings is 1. The van der Waals surface area contributed by atoms with Crippen molar-refractivity contribution in [2.24, 2.45) is 5.92 Å². The molecule has 0 saturated heterocycles. The predicted molar refractivity (Wildman–Crippen MR) is 154 cm³/mol. The summed E-state index contributed by atoms with van der Waals surface area (Å²) in [5, 5.41) is 9.34.